The summed E-state index contributed by atoms with van der Waals surface area (Å²) in [5.41, 5.74) is 0. The van der Waals surface area contributed by atoms with Gasteiger partial charge in [0.15, 0.2) is 0 Å². The number of fused-ring (bicyclic) bond motifs is 1. The maximum atomic E-state index is 8.96. The van der Waals surface area contributed by atoms with Crippen molar-refractivity contribution in [3.63, 3.8) is 0 Å². The van der Waals surface area contributed by atoms with Crippen molar-refractivity contribution in [3.05, 3.63) is 0 Å². The van der Waals surface area contributed by atoms with Crippen molar-refractivity contribution in [2.75, 3.05) is 19.6 Å². The van der Waals surface area contributed by atoms with E-state index < -0.39 is 7.12 Å². The maximum absolute atomic E-state index is 8.96. The maximum Gasteiger partial charge on any atom is 0.451 e. The minimum atomic E-state index is -1.13. The molecule has 0 aromatic carbocycles. The highest BCUT2D eigenvalue weighted by molar-refractivity contribution is 6.40. The lowest BCUT2D eigenvalue weighted by Crippen LogP contribution is -2.49. The lowest BCUT2D eigenvalue weighted by molar-refractivity contribution is 0.110. The largest absolute Gasteiger partial charge is 0.451 e. The number of unbranched alkanes of at least 4 members (excludes halogenated alkanes) is 2. The second kappa shape index (κ2) is 8.81. The number of nitrogens with one attached hydrogen (secondary N) is 2. The minimum absolute atomic E-state index is 0.514. The average Bonchev–Trinajstić information content (AvgIpc) is 2.94. The standard InChI is InChI=1S/C17H34BN3O2/c22-18(23)10-4-1-5-12-21-16-9-3-2-8-15(16)20-17(21)14-7-6-11-19-13-14/h14-17,19-20,22-23H,1-13H2. The van der Waals surface area contributed by atoms with Crippen LogP contribution < -0.4 is 10.6 Å². The molecule has 5 nitrogen and oxygen atoms in total. The van der Waals surface area contributed by atoms with Crippen LogP contribution in [-0.2, 0) is 0 Å². The Kier molecular flexibility index (Phi) is 6.77. The van der Waals surface area contributed by atoms with Gasteiger partial charge in [-0.1, -0.05) is 25.7 Å². The second-order valence-electron chi connectivity index (χ2n) is 7.74. The van der Waals surface area contributed by atoms with E-state index in [4.69, 9.17) is 10.0 Å². The van der Waals surface area contributed by atoms with Gasteiger partial charge in [0.1, 0.15) is 0 Å². The van der Waals surface area contributed by atoms with E-state index in [0.717, 1.165) is 37.9 Å². The average molecular weight is 323 g/mol. The van der Waals surface area contributed by atoms with Gasteiger partial charge in [-0.05, 0) is 51.5 Å². The molecule has 2 aliphatic heterocycles. The zero-order valence-electron chi connectivity index (χ0n) is 14.4. The third-order valence-electron chi connectivity index (χ3n) is 6.06. The van der Waals surface area contributed by atoms with Crippen molar-refractivity contribution < 1.29 is 10.0 Å². The Morgan fingerprint density at radius 2 is 1.87 bits per heavy atom. The summed E-state index contributed by atoms with van der Waals surface area (Å²) in [5, 5.41) is 25.5. The fourth-order valence-electron chi connectivity index (χ4n) is 4.88. The molecule has 0 bridgehead atoms. The Balaban J connectivity index is 1.53. The van der Waals surface area contributed by atoms with Gasteiger partial charge in [-0.2, -0.15) is 0 Å². The molecule has 1 aliphatic carbocycles. The van der Waals surface area contributed by atoms with E-state index in [1.807, 2.05) is 0 Å². The Hall–Kier alpha value is -0.135. The van der Waals surface area contributed by atoms with Crippen molar-refractivity contribution in [2.24, 2.45) is 5.92 Å². The van der Waals surface area contributed by atoms with E-state index in [-0.39, 0.29) is 0 Å². The first kappa shape index (κ1) is 17.7. The van der Waals surface area contributed by atoms with Gasteiger partial charge < -0.3 is 15.4 Å². The van der Waals surface area contributed by atoms with Crippen molar-refractivity contribution in [2.45, 2.75) is 82.4 Å². The molecule has 3 aliphatic rings. The van der Waals surface area contributed by atoms with Gasteiger partial charge in [-0.15, -0.1) is 0 Å². The van der Waals surface area contributed by atoms with Crippen LogP contribution in [0.5, 0.6) is 0 Å². The molecule has 6 heteroatoms. The van der Waals surface area contributed by atoms with Crippen LogP contribution in [0.4, 0.5) is 0 Å². The molecule has 4 N–H and O–H groups in total. The molecule has 0 radical (unpaired) electrons. The molecule has 3 fully saturated rings. The Morgan fingerprint density at radius 3 is 2.65 bits per heavy atom. The van der Waals surface area contributed by atoms with Gasteiger partial charge >= 0.3 is 7.12 Å². The zero-order chi connectivity index (χ0) is 16.1. The SMILES string of the molecule is OB(O)CCCCCN1C2CCCCC2NC1C1CCCNC1. The number of hydrogen-bond donors (Lipinski definition) is 4. The van der Waals surface area contributed by atoms with Gasteiger partial charge in [-0.25, -0.2) is 0 Å². The molecule has 0 amide bonds. The molecule has 2 heterocycles. The Morgan fingerprint density at radius 1 is 1.00 bits per heavy atom. The summed E-state index contributed by atoms with van der Waals surface area (Å²) in [6.07, 6.45) is 12.4. The smallest absolute Gasteiger partial charge is 0.427 e. The highest BCUT2D eigenvalue weighted by Gasteiger charge is 2.44. The molecule has 0 spiro atoms. The van der Waals surface area contributed by atoms with Crippen LogP contribution in [0.15, 0.2) is 0 Å². The molecule has 1 saturated carbocycles. The first-order valence-corrected chi connectivity index (χ1v) is 9.84. The summed E-state index contributed by atoms with van der Waals surface area (Å²) in [4.78, 5) is 2.77. The predicted octanol–water partition coefficient (Wildman–Crippen LogP) is 1.17. The zero-order valence-corrected chi connectivity index (χ0v) is 14.4. The first-order chi connectivity index (χ1) is 11.3. The van der Waals surface area contributed by atoms with Crippen molar-refractivity contribution in [1.29, 1.82) is 0 Å². The number of rotatable bonds is 7. The molecular weight excluding hydrogens is 289 g/mol. The van der Waals surface area contributed by atoms with E-state index in [0.29, 0.717) is 18.5 Å². The third kappa shape index (κ3) is 4.70. The molecule has 0 aromatic heterocycles. The van der Waals surface area contributed by atoms with Crippen LogP contribution in [0.1, 0.15) is 57.8 Å². The lowest BCUT2D eigenvalue weighted by atomic mass is 9.83. The first-order valence-electron chi connectivity index (χ1n) is 9.84. The quantitative estimate of drug-likeness (QED) is 0.418. The van der Waals surface area contributed by atoms with Gasteiger partial charge in [0.05, 0.1) is 6.17 Å². The normalized spacial score (nSPS) is 35.2. The molecule has 2 saturated heterocycles. The van der Waals surface area contributed by atoms with Crippen LogP contribution in [0.2, 0.25) is 6.32 Å². The summed E-state index contributed by atoms with van der Waals surface area (Å²) < 4.78 is 0. The number of nitrogens with zero attached hydrogens (tertiary/aromatic N) is 1. The van der Waals surface area contributed by atoms with Crippen LogP contribution in [0.3, 0.4) is 0 Å². The molecule has 4 atom stereocenters. The molecule has 132 valence electrons. The van der Waals surface area contributed by atoms with Crippen LogP contribution in [-0.4, -0.2) is 60.0 Å². The predicted molar refractivity (Wildman–Crippen MR) is 94.1 cm³/mol. The second-order valence-corrected chi connectivity index (χ2v) is 7.74. The van der Waals surface area contributed by atoms with Gasteiger partial charge in [0, 0.05) is 24.5 Å². The molecule has 23 heavy (non-hydrogen) atoms. The molecule has 0 aromatic rings. The fraction of sp³-hybridized carbons (Fsp3) is 1.00. The fourth-order valence-corrected chi connectivity index (χ4v) is 4.88. The topological polar surface area (TPSA) is 67.8 Å². The van der Waals surface area contributed by atoms with Crippen molar-refractivity contribution in [3.8, 4) is 0 Å². The molecular formula is C17H34BN3O2. The van der Waals surface area contributed by atoms with Gasteiger partial charge in [-0.3, -0.25) is 10.2 Å². The van der Waals surface area contributed by atoms with E-state index >= 15 is 0 Å². The van der Waals surface area contributed by atoms with Crippen molar-refractivity contribution >= 4 is 7.12 Å². The molecule has 3 rings (SSSR count). The van der Waals surface area contributed by atoms with E-state index in [2.05, 4.69) is 15.5 Å². The third-order valence-corrected chi connectivity index (χ3v) is 6.06. The summed E-state index contributed by atoms with van der Waals surface area (Å²) in [5.74, 6) is 0.744. The minimum Gasteiger partial charge on any atom is -0.427 e. The van der Waals surface area contributed by atoms with E-state index in [9.17, 15) is 0 Å². The van der Waals surface area contributed by atoms with Crippen LogP contribution in [0.25, 0.3) is 0 Å². The lowest BCUT2D eigenvalue weighted by Gasteiger charge is -2.37. The van der Waals surface area contributed by atoms with E-state index in [1.54, 1.807) is 0 Å². The van der Waals surface area contributed by atoms with Gasteiger partial charge in [0.2, 0.25) is 0 Å². The summed E-state index contributed by atoms with van der Waals surface area (Å²) in [6.45, 7) is 3.50. The Labute approximate surface area is 141 Å². The highest BCUT2D eigenvalue weighted by atomic mass is 16.4. The van der Waals surface area contributed by atoms with Crippen LogP contribution in [0, 0.1) is 5.92 Å². The van der Waals surface area contributed by atoms with Gasteiger partial charge in [0.25, 0.3) is 0 Å². The van der Waals surface area contributed by atoms with E-state index in [1.165, 1.54) is 51.5 Å². The number of piperidine rings is 1. The number of hydrogen-bond acceptors (Lipinski definition) is 5. The summed E-state index contributed by atoms with van der Waals surface area (Å²) >= 11 is 0. The summed E-state index contributed by atoms with van der Waals surface area (Å²) in [6, 6.07) is 1.44. The Bertz CT molecular complexity index is 353. The monoisotopic (exact) mass is 323 g/mol. The van der Waals surface area contributed by atoms with Crippen LogP contribution >= 0.6 is 0 Å². The highest BCUT2D eigenvalue weighted by Crippen LogP contribution is 2.34. The molecule has 4 unspecified atom stereocenters. The van der Waals surface area contributed by atoms with Crippen molar-refractivity contribution in [1.82, 2.24) is 15.5 Å². The summed E-state index contributed by atoms with van der Waals surface area (Å²) in [7, 11) is -1.13.